The number of morpholine rings is 1. The first-order valence-electron chi connectivity index (χ1n) is 10.5. The van der Waals surface area contributed by atoms with Crippen LogP contribution in [0.1, 0.15) is 20.8 Å². The van der Waals surface area contributed by atoms with E-state index in [1.165, 1.54) is 0 Å². The van der Waals surface area contributed by atoms with Crippen LogP contribution in [0.4, 0.5) is 0 Å². The highest BCUT2D eigenvalue weighted by Crippen LogP contribution is 2.35. The predicted octanol–water partition coefficient (Wildman–Crippen LogP) is 4.25. The maximum atomic E-state index is 13.1. The molecule has 0 bridgehead atoms. The minimum atomic E-state index is -0.0323. The third kappa shape index (κ3) is 3.76. The minimum absolute atomic E-state index is 0.0323. The van der Waals surface area contributed by atoms with Crippen molar-refractivity contribution in [1.82, 2.24) is 14.9 Å². The Labute approximate surface area is 185 Å². The van der Waals surface area contributed by atoms with Gasteiger partial charge < -0.3 is 9.64 Å². The molecule has 0 radical (unpaired) electrons. The number of pyridine rings is 2. The first-order chi connectivity index (χ1) is 15.7. The lowest BCUT2D eigenvalue weighted by atomic mass is 9.95. The molecule has 1 saturated heterocycles. The standard InChI is InChI=1S/C26H21N3O3/c30-17-20-16-22(21-7-4-10-27-25(21)18-5-2-1-3-6-18)23-15-19(8-9-24(23)28-20)26(31)29-11-13-32-14-12-29/h1-10,15-17H,11-14H2. The van der Waals surface area contributed by atoms with Crippen LogP contribution in [0, 0.1) is 0 Å². The Morgan fingerprint density at radius 1 is 0.938 bits per heavy atom. The molecule has 0 aliphatic carbocycles. The van der Waals surface area contributed by atoms with Crippen LogP contribution in [0.3, 0.4) is 0 Å². The summed E-state index contributed by atoms with van der Waals surface area (Å²) in [4.78, 5) is 35.6. The van der Waals surface area contributed by atoms with Crippen molar-refractivity contribution in [3.63, 3.8) is 0 Å². The molecule has 6 heteroatoms. The van der Waals surface area contributed by atoms with Crippen molar-refractivity contribution >= 4 is 23.1 Å². The van der Waals surface area contributed by atoms with Crippen LogP contribution in [0.5, 0.6) is 0 Å². The summed E-state index contributed by atoms with van der Waals surface area (Å²) in [7, 11) is 0. The Morgan fingerprint density at radius 2 is 1.75 bits per heavy atom. The number of hydrogen-bond donors (Lipinski definition) is 0. The van der Waals surface area contributed by atoms with Gasteiger partial charge in [0, 0.05) is 41.4 Å². The number of nitrogens with zero attached hydrogens (tertiary/aromatic N) is 3. The van der Waals surface area contributed by atoms with E-state index < -0.39 is 0 Å². The van der Waals surface area contributed by atoms with E-state index >= 15 is 0 Å². The summed E-state index contributed by atoms with van der Waals surface area (Å²) in [5.74, 6) is -0.0323. The van der Waals surface area contributed by atoms with Crippen molar-refractivity contribution in [2.45, 2.75) is 0 Å². The number of rotatable bonds is 4. The fourth-order valence-corrected chi connectivity index (χ4v) is 4.06. The molecular weight excluding hydrogens is 402 g/mol. The molecule has 4 aromatic rings. The van der Waals surface area contributed by atoms with Crippen LogP contribution in [0.25, 0.3) is 33.3 Å². The van der Waals surface area contributed by atoms with Crippen LogP contribution in [0.2, 0.25) is 0 Å². The first-order valence-corrected chi connectivity index (χ1v) is 10.5. The molecule has 2 aromatic heterocycles. The van der Waals surface area contributed by atoms with Crippen LogP contribution in [-0.2, 0) is 4.74 Å². The Kier molecular flexibility index (Phi) is 5.44. The summed E-state index contributed by atoms with van der Waals surface area (Å²) < 4.78 is 5.37. The quantitative estimate of drug-likeness (QED) is 0.459. The fourth-order valence-electron chi connectivity index (χ4n) is 4.06. The van der Waals surface area contributed by atoms with Gasteiger partial charge >= 0.3 is 0 Å². The zero-order valence-electron chi connectivity index (χ0n) is 17.4. The largest absolute Gasteiger partial charge is 0.378 e. The number of carbonyl (C=O) groups excluding carboxylic acids is 2. The van der Waals surface area contributed by atoms with E-state index in [-0.39, 0.29) is 5.91 Å². The predicted molar refractivity (Wildman–Crippen MR) is 123 cm³/mol. The topological polar surface area (TPSA) is 72.4 Å². The molecule has 1 amide bonds. The molecule has 0 atom stereocenters. The normalized spacial score (nSPS) is 13.8. The molecule has 0 unspecified atom stereocenters. The summed E-state index contributed by atoms with van der Waals surface area (Å²) in [6, 6.07) is 21.0. The second-order valence-corrected chi connectivity index (χ2v) is 7.61. The SMILES string of the molecule is O=Cc1cc(-c2cccnc2-c2ccccc2)c2cc(C(=O)N3CCOCC3)ccc2n1. The third-order valence-electron chi connectivity index (χ3n) is 5.64. The van der Waals surface area contributed by atoms with Gasteiger partial charge in [0.25, 0.3) is 5.91 Å². The number of aromatic nitrogens is 2. The molecule has 3 heterocycles. The van der Waals surface area contributed by atoms with Crippen molar-refractivity contribution in [3.8, 4) is 22.4 Å². The Morgan fingerprint density at radius 3 is 2.53 bits per heavy atom. The smallest absolute Gasteiger partial charge is 0.254 e. The Hall–Kier alpha value is -3.90. The van der Waals surface area contributed by atoms with E-state index in [1.807, 2.05) is 48.5 Å². The molecule has 2 aromatic carbocycles. The first kappa shape index (κ1) is 20.0. The highest BCUT2D eigenvalue weighted by Gasteiger charge is 2.20. The van der Waals surface area contributed by atoms with Gasteiger partial charge in [-0.25, -0.2) is 4.98 Å². The van der Waals surface area contributed by atoms with Crippen molar-refractivity contribution in [1.29, 1.82) is 0 Å². The maximum Gasteiger partial charge on any atom is 0.254 e. The van der Waals surface area contributed by atoms with Gasteiger partial charge in [-0.05, 0) is 35.9 Å². The maximum absolute atomic E-state index is 13.1. The molecule has 5 rings (SSSR count). The average Bonchev–Trinajstić information content (AvgIpc) is 2.88. The van der Waals surface area contributed by atoms with Gasteiger partial charge in [-0.15, -0.1) is 0 Å². The minimum Gasteiger partial charge on any atom is -0.378 e. The average molecular weight is 423 g/mol. The van der Waals surface area contributed by atoms with E-state index in [2.05, 4.69) is 9.97 Å². The second-order valence-electron chi connectivity index (χ2n) is 7.61. The van der Waals surface area contributed by atoms with E-state index in [0.29, 0.717) is 43.1 Å². The van der Waals surface area contributed by atoms with Crippen molar-refractivity contribution in [3.05, 3.63) is 84.2 Å². The van der Waals surface area contributed by atoms with Gasteiger partial charge in [0.05, 0.1) is 24.4 Å². The number of amides is 1. The summed E-state index contributed by atoms with van der Waals surface area (Å²) >= 11 is 0. The lowest BCUT2D eigenvalue weighted by Crippen LogP contribution is -2.40. The Balaban J connectivity index is 1.69. The van der Waals surface area contributed by atoms with E-state index in [4.69, 9.17) is 4.74 Å². The van der Waals surface area contributed by atoms with Crippen molar-refractivity contribution in [2.24, 2.45) is 0 Å². The molecule has 1 aliphatic rings. The van der Waals surface area contributed by atoms with Gasteiger partial charge in [-0.1, -0.05) is 36.4 Å². The monoisotopic (exact) mass is 423 g/mol. The fraction of sp³-hybridized carbons (Fsp3) is 0.154. The van der Waals surface area contributed by atoms with E-state index in [9.17, 15) is 9.59 Å². The number of carbonyl (C=O) groups is 2. The van der Waals surface area contributed by atoms with E-state index in [0.717, 1.165) is 34.1 Å². The molecule has 6 nitrogen and oxygen atoms in total. The molecule has 0 N–H and O–H groups in total. The van der Waals surface area contributed by atoms with Crippen LogP contribution in [0.15, 0.2) is 72.9 Å². The number of aldehydes is 1. The van der Waals surface area contributed by atoms with Gasteiger partial charge in [0.15, 0.2) is 6.29 Å². The molecule has 32 heavy (non-hydrogen) atoms. The number of hydrogen-bond acceptors (Lipinski definition) is 5. The highest BCUT2D eigenvalue weighted by molar-refractivity contribution is 6.04. The van der Waals surface area contributed by atoms with Crippen LogP contribution in [-0.4, -0.2) is 53.4 Å². The molecule has 0 spiro atoms. The van der Waals surface area contributed by atoms with Crippen molar-refractivity contribution in [2.75, 3.05) is 26.3 Å². The third-order valence-corrected chi connectivity index (χ3v) is 5.64. The second kappa shape index (κ2) is 8.69. The molecule has 1 aliphatic heterocycles. The molecular formula is C26H21N3O3. The lowest BCUT2D eigenvalue weighted by Gasteiger charge is -2.27. The zero-order valence-corrected chi connectivity index (χ0v) is 17.4. The van der Waals surface area contributed by atoms with Gasteiger partial charge in [0.1, 0.15) is 5.69 Å². The highest BCUT2D eigenvalue weighted by atomic mass is 16.5. The van der Waals surface area contributed by atoms with E-state index in [1.54, 1.807) is 29.3 Å². The van der Waals surface area contributed by atoms with Gasteiger partial charge in [-0.3, -0.25) is 14.6 Å². The van der Waals surface area contributed by atoms with Crippen LogP contribution < -0.4 is 0 Å². The van der Waals surface area contributed by atoms with Gasteiger partial charge in [0.2, 0.25) is 0 Å². The zero-order chi connectivity index (χ0) is 21.9. The summed E-state index contributed by atoms with van der Waals surface area (Å²) in [5.41, 5.74) is 5.06. The van der Waals surface area contributed by atoms with Crippen LogP contribution >= 0.6 is 0 Å². The summed E-state index contributed by atoms with van der Waals surface area (Å²) in [6.07, 6.45) is 2.50. The number of benzene rings is 2. The molecule has 1 fully saturated rings. The number of fused-ring (bicyclic) bond motifs is 1. The molecule has 158 valence electrons. The summed E-state index contributed by atoms with van der Waals surface area (Å²) in [5, 5.41) is 0.805. The Bertz CT molecular complexity index is 1300. The van der Waals surface area contributed by atoms with Gasteiger partial charge in [-0.2, -0.15) is 0 Å². The lowest BCUT2D eigenvalue weighted by molar-refractivity contribution is 0.0303. The van der Waals surface area contributed by atoms with Crippen molar-refractivity contribution < 1.29 is 14.3 Å². The summed E-state index contributed by atoms with van der Waals surface area (Å²) in [6.45, 7) is 2.25. The number of ether oxygens (including phenoxy) is 1. The molecule has 0 saturated carbocycles.